The molecule has 1 aliphatic heterocycles. The number of phenols is 1. The van der Waals surface area contributed by atoms with E-state index in [4.69, 9.17) is 11.2 Å². The van der Waals surface area contributed by atoms with Crippen molar-refractivity contribution in [2.45, 2.75) is 6.92 Å². The number of phenolic OH excluding ortho intramolecular Hbond substituents is 1. The number of carbonyl (C=O) groups is 2. The minimum absolute atomic E-state index is 0.0226. The third-order valence-corrected chi connectivity index (χ3v) is 3.61. The maximum atomic E-state index is 12.0. The van der Waals surface area contributed by atoms with Gasteiger partial charge in [0.15, 0.2) is 11.5 Å². The van der Waals surface area contributed by atoms with Gasteiger partial charge in [-0.3, -0.25) is 14.5 Å². The molecule has 0 bridgehead atoms. The summed E-state index contributed by atoms with van der Waals surface area (Å²) in [5.41, 5.74) is 0.655. The van der Waals surface area contributed by atoms with Crippen LogP contribution in [0.4, 0.5) is 4.79 Å². The first-order chi connectivity index (χ1) is 10.1. The Morgan fingerprint density at radius 1 is 1.48 bits per heavy atom. The molecule has 1 fully saturated rings. The van der Waals surface area contributed by atoms with Crippen LogP contribution in [0.15, 0.2) is 23.1 Å². The minimum Gasteiger partial charge on any atom is -0.504 e. The van der Waals surface area contributed by atoms with E-state index in [1.54, 1.807) is 25.1 Å². The van der Waals surface area contributed by atoms with Crippen molar-refractivity contribution in [3.05, 3.63) is 28.7 Å². The number of benzene rings is 1. The van der Waals surface area contributed by atoms with Crippen LogP contribution in [0.3, 0.4) is 0 Å². The summed E-state index contributed by atoms with van der Waals surface area (Å²) in [6.45, 7) is 2.18. The molecule has 0 atom stereocenters. The molecule has 0 unspecified atom stereocenters. The van der Waals surface area contributed by atoms with Gasteiger partial charge in [0.2, 0.25) is 0 Å². The highest BCUT2D eigenvalue weighted by Crippen LogP contribution is 2.33. The number of ether oxygens (including phenoxy) is 1. The van der Waals surface area contributed by atoms with E-state index in [2.05, 4.69) is 5.92 Å². The third-order valence-electron chi connectivity index (χ3n) is 2.70. The number of carbonyl (C=O) groups excluding carboxylic acids is 2. The number of terminal acetylenes is 1. The van der Waals surface area contributed by atoms with Crippen molar-refractivity contribution in [3.63, 3.8) is 0 Å². The zero-order valence-electron chi connectivity index (χ0n) is 11.3. The Balaban J connectivity index is 2.28. The molecule has 2 rings (SSSR count). The lowest BCUT2D eigenvalue weighted by molar-refractivity contribution is -0.122. The first-order valence-corrected chi connectivity index (χ1v) is 7.03. The van der Waals surface area contributed by atoms with Gasteiger partial charge in [0.25, 0.3) is 11.1 Å². The fraction of sp³-hybridized carbons (Fsp3) is 0.200. The summed E-state index contributed by atoms with van der Waals surface area (Å²) in [4.78, 5) is 25.0. The molecule has 0 aliphatic carbocycles. The van der Waals surface area contributed by atoms with Crippen molar-refractivity contribution in [1.29, 1.82) is 0 Å². The maximum absolute atomic E-state index is 12.0. The number of aromatic hydroxyl groups is 1. The molecule has 2 amide bonds. The van der Waals surface area contributed by atoms with Gasteiger partial charge in [0.05, 0.1) is 18.1 Å². The summed E-state index contributed by atoms with van der Waals surface area (Å²) in [5, 5.41) is 9.25. The van der Waals surface area contributed by atoms with Crippen LogP contribution in [-0.4, -0.2) is 34.3 Å². The Bertz CT molecular complexity index is 660. The summed E-state index contributed by atoms with van der Waals surface area (Å²) >= 11 is 0.840. The first kappa shape index (κ1) is 15.0. The fourth-order valence-corrected chi connectivity index (χ4v) is 2.61. The summed E-state index contributed by atoms with van der Waals surface area (Å²) in [6.07, 6.45) is 6.70. The van der Waals surface area contributed by atoms with Gasteiger partial charge in [0.1, 0.15) is 0 Å². The standard InChI is InChI=1S/C15H13NO4S/c1-3-7-16-14(18)13(21-15(16)19)9-10-5-6-11(17)12(8-10)20-4-2/h1,5-6,8-9,17H,4,7H2,2H3. The second kappa shape index (κ2) is 6.37. The van der Waals surface area contributed by atoms with Crippen molar-refractivity contribution >= 4 is 29.0 Å². The molecule has 1 N–H and O–H groups in total. The Hall–Kier alpha value is -2.39. The SMILES string of the molecule is C#CCN1C(=O)SC(=Cc2ccc(O)c(OCC)c2)C1=O. The lowest BCUT2D eigenvalue weighted by atomic mass is 10.2. The molecule has 1 aromatic carbocycles. The zero-order valence-corrected chi connectivity index (χ0v) is 12.1. The van der Waals surface area contributed by atoms with Crippen LogP contribution in [0.25, 0.3) is 6.08 Å². The van der Waals surface area contributed by atoms with Crippen LogP contribution in [-0.2, 0) is 4.79 Å². The van der Waals surface area contributed by atoms with E-state index in [-0.39, 0.29) is 17.5 Å². The van der Waals surface area contributed by atoms with Crippen molar-refractivity contribution in [2.75, 3.05) is 13.2 Å². The molecule has 0 radical (unpaired) electrons. The number of thioether (sulfide) groups is 1. The second-order valence-electron chi connectivity index (χ2n) is 4.13. The van der Waals surface area contributed by atoms with Crippen LogP contribution in [0.5, 0.6) is 11.5 Å². The summed E-state index contributed by atoms with van der Waals surface area (Å²) < 4.78 is 5.27. The Kier molecular flexibility index (Phi) is 4.55. The predicted octanol–water partition coefficient (Wildman–Crippen LogP) is 2.46. The molecule has 108 valence electrons. The average Bonchev–Trinajstić information content (AvgIpc) is 2.71. The molecule has 0 spiro atoms. The van der Waals surface area contributed by atoms with Crippen LogP contribution in [0, 0.1) is 12.3 Å². The molecule has 1 aliphatic rings. The highest BCUT2D eigenvalue weighted by atomic mass is 32.2. The van der Waals surface area contributed by atoms with Gasteiger partial charge in [-0.2, -0.15) is 0 Å². The van der Waals surface area contributed by atoms with E-state index in [1.165, 1.54) is 6.07 Å². The number of hydrogen-bond donors (Lipinski definition) is 1. The van der Waals surface area contributed by atoms with Crippen molar-refractivity contribution in [2.24, 2.45) is 0 Å². The van der Waals surface area contributed by atoms with Gasteiger partial charge >= 0.3 is 0 Å². The van der Waals surface area contributed by atoms with E-state index in [0.717, 1.165) is 16.7 Å². The predicted molar refractivity (Wildman–Crippen MR) is 80.8 cm³/mol. The van der Waals surface area contributed by atoms with E-state index < -0.39 is 5.91 Å². The minimum atomic E-state index is -0.408. The smallest absolute Gasteiger partial charge is 0.294 e. The quantitative estimate of drug-likeness (QED) is 0.683. The largest absolute Gasteiger partial charge is 0.504 e. The van der Waals surface area contributed by atoms with Gasteiger partial charge in [-0.25, -0.2) is 0 Å². The molecular formula is C15H13NO4S. The van der Waals surface area contributed by atoms with Gasteiger partial charge in [-0.15, -0.1) is 6.42 Å². The lowest BCUT2D eigenvalue weighted by Gasteiger charge is -2.07. The number of hydrogen-bond acceptors (Lipinski definition) is 5. The van der Waals surface area contributed by atoms with Crippen molar-refractivity contribution in [3.8, 4) is 23.8 Å². The van der Waals surface area contributed by atoms with E-state index in [1.807, 2.05) is 0 Å². The van der Waals surface area contributed by atoms with Gasteiger partial charge < -0.3 is 9.84 Å². The molecule has 6 heteroatoms. The van der Waals surface area contributed by atoms with Crippen LogP contribution < -0.4 is 4.74 Å². The van der Waals surface area contributed by atoms with E-state index in [9.17, 15) is 14.7 Å². The highest BCUT2D eigenvalue weighted by molar-refractivity contribution is 8.18. The maximum Gasteiger partial charge on any atom is 0.294 e. The third kappa shape index (κ3) is 3.20. The number of nitrogens with zero attached hydrogens (tertiary/aromatic N) is 1. The number of rotatable bonds is 4. The van der Waals surface area contributed by atoms with E-state index in [0.29, 0.717) is 22.8 Å². The molecule has 0 aromatic heterocycles. The van der Waals surface area contributed by atoms with Crippen LogP contribution >= 0.6 is 11.8 Å². The molecule has 0 saturated carbocycles. The number of amides is 2. The fourth-order valence-electron chi connectivity index (χ4n) is 1.77. The number of imide groups is 1. The molecular weight excluding hydrogens is 290 g/mol. The normalized spacial score (nSPS) is 16.4. The van der Waals surface area contributed by atoms with E-state index >= 15 is 0 Å². The van der Waals surface area contributed by atoms with Gasteiger partial charge in [-0.05, 0) is 42.5 Å². The Labute approximate surface area is 126 Å². The summed E-state index contributed by atoms with van der Waals surface area (Å²) in [5.74, 6) is 2.22. The highest BCUT2D eigenvalue weighted by Gasteiger charge is 2.34. The summed E-state index contributed by atoms with van der Waals surface area (Å²) in [6, 6.07) is 4.71. The van der Waals surface area contributed by atoms with Gasteiger partial charge in [-0.1, -0.05) is 12.0 Å². The summed E-state index contributed by atoms with van der Waals surface area (Å²) in [7, 11) is 0. The molecule has 1 saturated heterocycles. The first-order valence-electron chi connectivity index (χ1n) is 6.21. The van der Waals surface area contributed by atoms with Crippen LogP contribution in [0.1, 0.15) is 12.5 Å². The Morgan fingerprint density at radius 3 is 2.90 bits per heavy atom. The molecule has 5 nitrogen and oxygen atoms in total. The topological polar surface area (TPSA) is 66.8 Å². The van der Waals surface area contributed by atoms with Gasteiger partial charge in [0, 0.05) is 0 Å². The molecule has 1 heterocycles. The van der Waals surface area contributed by atoms with Crippen LogP contribution in [0.2, 0.25) is 0 Å². The lowest BCUT2D eigenvalue weighted by Crippen LogP contribution is -2.28. The van der Waals surface area contributed by atoms with Crippen molar-refractivity contribution in [1.82, 2.24) is 4.90 Å². The Morgan fingerprint density at radius 2 is 2.24 bits per heavy atom. The monoisotopic (exact) mass is 303 g/mol. The molecule has 21 heavy (non-hydrogen) atoms. The zero-order chi connectivity index (χ0) is 15.4. The second-order valence-corrected chi connectivity index (χ2v) is 5.13. The molecule has 1 aromatic rings. The van der Waals surface area contributed by atoms with Crippen molar-refractivity contribution < 1.29 is 19.4 Å². The average molecular weight is 303 g/mol.